The predicted molar refractivity (Wildman–Crippen MR) is 85.7 cm³/mol. The quantitative estimate of drug-likeness (QED) is 0.854. The monoisotopic (exact) mass is 316 g/mol. The molecule has 0 radical (unpaired) electrons. The van der Waals surface area contributed by atoms with Gasteiger partial charge in [0.15, 0.2) is 0 Å². The molecule has 0 unspecified atom stereocenters. The van der Waals surface area contributed by atoms with Gasteiger partial charge in [-0.15, -0.1) is 0 Å². The van der Waals surface area contributed by atoms with E-state index in [-0.39, 0.29) is 17.9 Å². The number of carbonyl (C=O) groups is 2. The number of aromatic nitrogens is 1. The van der Waals surface area contributed by atoms with Gasteiger partial charge in [0, 0.05) is 17.7 Å². The third kappa shape index (κ3) is 3.77. The number of hydrogen-bond acceptors (Lipinski definition) is 4. The van der Waals surface area contributed by atoms with Crippen LogP contribution in [0.4, 0.5) is 5.69 Å². The van der Waals surface area contributed by atoms with Crippen LogP contribution in [0.1, 0.15) is 46.8 Å². The SMILES string of the molecule is CCc1noc(CC)c1CC(=O)Nc1ccc(C)c(C(=O)O)c1. The van der Waals surface area contributed by atoms with E-state index in [4.69, 9.17) is 9.63 Å². The van der Waals surface area contributed by atoms with Crippen LogP contribution in [-0.4, -0.2) is 22.1 Å². The minimum absolute atomic E-state index is 0.159. The van der Waals surface area contributed by atoms with Crippen molar-refractivity contribution in [3.63, 3.8) is 0 Å². The van der Waals surface area contributed by atoms with Crippen LogP contribution in [0.25, 0.3) is 0 Å². The highest BCUT2D eigenvalue weighted by molar-refractivity contribution is 5.95. The molecule has 0 fully saturated rings. The Morgan fingerprint density at radius 3 is 2.61 bits per heavy atom. The molecule has 1 aromatic heterocycles. The zero-order chi connectivity index (χ0) is 17.0. The molecule has 0 saturated carbocycles. The van der Waals surface area contributed by atoms with Crippen molar-refractivity contribution in [3.05, 3.63) is 46.3 Å². The summed E-state index contributed by atoms with van der Waals surface area (Å²) < 4.78 is 5.25. The van der Waals surface area contributed by atoms with Crippen LogP contribution in [-0.2, 0) is 24.1 Å². The number of benzene rings is 1. The number of aryl methyl sites for hydroxylation is 3. The molecule has 1 amide bonds. The lowest BCUT2D eigenvalue weighted by Gasteiger charge is -2.08. The molecule has 0 atom stereocenters. The first-order valence-electron chi connectivity index (χ1n) is 7.56. The predicted octanol–water partition coefficient (Wildman–Crippen LogP) is 2.99. The van der Waals surface area contributed by atoms with Gasteiger partial charge in [0.25, 0.3) is 0 Å². The Morgan fingerprint density at radius 2 is 2.00 bits per heavy atom. The number of amides is 1. The van der Waals surface area contributed by atoms with E-state index in [9.17, 15) is 9.59 Å². The maximum Gasteiger partial charge on any atom is 0.336 e. The van der Waals surface area contributed by atoms with Crippen LogP contribution < -0.4 is 5.32 Å². The van der Waals surface area contributed by atoms with Gasteiger partial charge < -0.3 is 14.9 Å². The smallest absolute Gasteiger partial charge is 0.336 e. The van der Waals surface area contributed by atoms with Crippen molar-refractivity contribution < 1.29 is 19.2 Å². The number of nitrogens with one attached hydrogen (secondary N) is 1. The van der Waals surface area contributed by atoms with E-state index in [1.54, 1.807) is 19.1 Å². The summed E-state index contributed by atoms with van der Waals surface area (Å²) in [7, 11) is 0. The summed E-state index contributed by atoms with van der Waals surface area (Å²) in [6, 6.07) is 4.83. The number of aromatic carboxylic acids is 1. The number of anilines is 1. The number of carboxylic acids is 1. The van der Waals surface area contributed by atoms with Crippen molar-refractivity contribution in [1.82, 2.24) is 5.16 Å². The molecule has 0 saturated heterocycles. The van der Waals surface area contributed by atoms with Gasteiger partial charge in [-0.2, -0.15) is 0 Å². The van der Waals surface area contributed by atoms with Crippen molar-refractivity contribution in [1.29, 1.82) is 0 Å². The molecule has 2 rings (SSSR count). The lowest BCUT2D eigenvalue weighted by atomic mass is 10.1. The van der Waals surface area contributed by atoms with Gasteiger partial charge in [-0.05, 0) is 31.0 Å². The van der Waals surface area contributed by atoms with Crippen molar-refractivity contribution in [2.45, 2.75) is 40.0 Å². The Balaban J connectivity index is 2.16. The average Bonchev–Trinajstić information content (AvgIpc) is 2.90. The van der Waals surface area contributed by atoms with Gasteiger partial charge in [0.1, 0.15) is 5.76 Å². The summed E-state index contributed by atoms with van der Waals surface area (Å²) in [6.07, 6.45) is 1.52. The van der Waals surface area contributed by atoms with Gasteiger partial charge in [0.05, 0.1) is 17.7 Å². The molecular formula is C17H20N2O4. The topological polar surface area (TPSA) is 92.4 Å². The maximum atomic E-state index is 12.3. The van der Waals surface area contributed by atoms with E-state index in [2.05, 4.69) is 10.5 Å². The first-order valence-corrected chi connectivity index (χ1v) is 7.56. The lowest BCUT2D eigenvalue weighted by Crippen LogP contribution is -2.16. The lowest BCUT2D eigenvalue weighted by molar-refractivity contribution is -0.115. The fourth-order valence-corrected chi connectivity index (χ4v) is 2.43. The molecule has 0 aliphatic carbocycles. The second-order valence-corrected chi connectivity index (χ2v) is 5.30. The Labute approximate surface area is 134 Å². The minimum atomic E-state index is -1.01. The van der Waals surface area contributed by atoms with Crippen molar-refractivity contribution in [2.24, 2.45) is 0 Å². The van der Waals surface area contributed by atoms with Crippen LogP contribution in [0, 0.1) is 6.92 Å². The zero-order valence-corrected chi connectivity index (χ0v) is 13.5. The van der Waals surface area contributed by atoms with E-state index in [0.717, 1.165) is 11.3 Å². The van der Waals surface area contributed by atoms with E-state index >= 15 is 0 Å². The largest absolute Gasteiger partial charge is 0.478 e. The van der Waals surface area contributed by atoms with E-state index in [1.165, 1.54) is 6.07 Å². The molecule has 6 heteroatoms. The molecule has 0 aliphatic heterocycles. The zero-order valence-electron chi connectivity index (χ0n) is 13.5. The van der Waals surface area contributed by atoms with Gasteiger partial charge in [-0.1, -0.05) is 25.1 Å². The Bertz CT molecular complexity index is 713. The number of carboxylic acid groups (broad SMARTS) is 1. The van der Waals surface area contributed by atoms with Crippen LogP contribution >= 0.6 is 0 Å². The number of rotatable bonds is 6. The fraction of sp³-hybridized carbons (Fsp3) is 0.353. The summed E-state index contributed by atoms with van der Waals surface area (Å²) in [5, 5.41) is 15.9. The molecule has 0 aliphatic rings. The highest BCUT2D eigenvalue weighted by Crippen LogP contribution is 2.19. The van der Waals surface area contributed by atoms with Crippen LogP contribution in [0.15, 0.2) is 22.7 Å². The van der Waals surface area contributed by atoms with E-state index in [0.29, 0.717) is 29.9 Å². The Hall–Kier alpha value is -2.63. The van der Waals surface area contributed by atoms with Gasteiger partial charge in [-0.3, -0.25) is 4.79 Å². The molecule has 2 aromatic rings. The van der Waals surface area contributed by atoms with E-state index < -0.39 is 5.97 Å². The van der Waals surface area contributed by atoms with Crippen LogP contribution in [0.2, 0.25) is 0 Å². The third-order valence-electron chi connectivity index (χ3n) is 3.70. The van der Waals surface area contributed by atoms with Crippen molar-refractivity contribution in [2.75, 3.05) is 5.32 Å². The molecular weight excluding hydrogens is 296 g/mol. The summed E-state index contributed by atoms with van der Waals surface area (Å²) >= 11 is 0. The fourth-order valence-electron chi connectivity index (χ4n) is 2.43. The van der Waals surface area contributed by atoms with Crippen molar-refractivity contribution in [3.8, 4) is 0 Å². The molecule has 2 N–H and O–H groups in total. The first kappa shape index (κ1) is 16.7. The highest BCUT2D eigenvalue weighted by Gasteiger charge is 2.17. The average molecular weight is 316 g/mol. The van der Waals surface area contributed by atoms with Gasteiger partial charge in [0.2, 0.25) is 5.91 Å². The summed E-state index contributed by atoms with van der Waals surface area (Å²) in [6.45, 7) is 5.62. The highest BCUT2D eigenvalue weighted by atomic mass is 16.5. The summed E-state index contributed by atoms with van der Waals surface area (Å²) in [5.41, 5.74) is 2.89. The number of nitrogens with zero attached hydrogens (tertiary/aromatic N) is 1. The molecule has 23 heavy (non-hydrogen) atoms. The molecule has 1 aromatic carbocycles. The molecule has 122 valence electrons. The molecule has 6 nitrogen and oxygen atoms in total. The van der Waals surface area contributed by atoms with Crippen molar-refractivity contribution >= 4 is 17.6 Å². The normalized spacial score (nSPS) is 10.6. The standard InChI is InChI=1S/C17H20N2O4/c1-4-14-13(15(5-2)23-19-14)9-16(20)18-11-7-6-10(3)12(8-11)17(21)22/h6-8H,4-5,9H2,1-3H3,(H,18,20)(H,21,22). The summed E-state index contributed by atoms with van der Waals surface area (Å²) in [4.78, 5) is 23.4. The number of hydrogen-bond donors (Lipinski definition) is 2. The van der Waals surface area contributed by atoms with Gasteiger partial charge >= 0.3 is 5.97 Å². The molecule has 0 bridgehead atoms. The van der Waals surface area contributed by atoms with E-state index in [1.807, 2.05) is 13.8 Å². The minimum Gasteiger partial charge on any atom is -0.478 e. The second-order valence-electron chi connectivity index (χ2n) is 5.30. The van der Waals surface area contributed by atoms with Crippen LogP contribution in [0.5, 0.6) is 0 Å². The third-order valence-corrected chi connectivity index (χ3v) is 3.70. The Kier molecular flexibility index (Phi) is 5.16. The first-order chi connectivity index (χ1) is 11.0. The molecule has 1 heterocycles. The summed E-state index contributed by atoms with van der Waals surface area (Å²) in [5.74, 6) is -0.524. The Morgan fingerprint density at radius 1 is 1.26 bits per heavy atom. The second kappa shape index (κ2) is 7.09. The number of carbonyl (C=O) groups excluding carboxylic acids is 1. The maximum absolute atomic E-state index is 12.3. The van der Waals surface area contributed by atoms with Crippen LogP contribution in [0.3, 0.4) is 0 Å². The molecule has 0 spiro atoms. The van der Waals surface area contributed by atoms with Gasteiger partial charge in [-0.25, -0.2) is 4.79 Å².